The molecule has 2 amide bonds. The Hall–Kier alpha value is -1.43. The number of Topliss-reactive ketones (excluding diaryl/α,β-unsaturated/α-hetero) is 1. The molecule has 0 rings (SSSR count). The lowest BCUT2D eigenvalue weighted by Gasteiger charge is -2.31. The third kappa shape index (κ3) is 7.80. The van der Waals surface area contributed by atoms with Gasteiger partial charge in [0.1, 0.15) is 6.04 Å². The number of rotatable bonds is 10. The normalized spacial score (nSPS) is 12.6. The van der Waals surface area contributed by atoms with Crippen molar-refractivity contribution in [2.75, 3.05) is 6.54 Å². The molecule has 6 heteroatoms. The Morgan fingerprint density at radius 3 is 2.29 bits per heavy atom. The number of carbonyl (C=O) groups is 3. The van der Waals surface area contributed by atoms with E-state index in [9.17, 15) is 14.4 Å². The van der Waals surface area contributed by atoms with Gasteiger partial charge in [-0.1, -0.05) is 26.7 Å². The molecule has 0 bridgehead atoms. The maximum atomic E-state index is 12.2. The summed E-state index contributed by atoms with van der Waals surface area (Å²) in [6.07, 6.45) is 3.21. The van der Waals surface area contributed by atoms with Gasteiger partial charge in [-0.15, -0.1) is 0 Å². The minimum atomic E-state index is -0.876. The second-order valence-electron chi connectivity index (χ2n) is 5.95. The van der Waals surface area contributed by atoms with Gasteiger partial charge in [-0.3, -0.25) is 19.2 Å². The molecule has 1 N–H and O–H groups in total. The van der Waals surface area contributed by atoms with Crippen LogP contribution in [-0.2, 0) is 19.2 Å². The molecule has 122 valence electrons. The quantitative estimate of drug-likeness (QED) is 0.379. The molecule has 1 unspecified atom stereocenters. The van der Waals surface area contributed by atoms with Crippen molar-refractivity contribution in [2.45, 2.75) is 71.9 Å². The third-order valence-corrected chi connectivity index (χ3v) is 2.68. The highest BCUT2D eigenvalue weighted by atomic mass is 16.7. The molecule has 0 fully saturated rings. The Labute approximate surface area is 127 Å². The maximum absolute atomic E-state index is 12.2. The zero-order chi connectivity index (χ0) is 16.5. The minimum absolute atomic E-state index is 0.406. The van der Waals surface area contributed by atoms with Gasteiger partial charge < -0.3 is 5.32 Å². The summed E-state index contributed by atoms with van der Waals surface area (Å²) in [4.78, 5) is 40.8. The number of nitrogens with zero attached hydrogens (tertiary/aromatic N) is 1. The van der Waals surface area contributed by atoms with Crippen molar-refractivity contribution < 1.29 is 19.2 Å². The highest BCUT2D eigenvalue weighted by Crippen LogP contribution is 2.16. The van der Waals surface area contributed by atoms with E-state index in [1.54, 1.807) is 20.8 Å². The van der Waals surface area contributed by atoms with E-state index in [0.717, 1.165) is 24.3 Å². The fraction of sp³-hybridized carbons (Fsp3) is 0.800. The van der Waals surface area contributed by atoms with E-state index in [1.807, 2.05) is 13.8 Å². The average Bonchev–Trinajstić information content (AvgIpc) is 2.42. The molecular formula is C15H28N2O4. The number of hydrogen-bond donors (Lipinski definition) is 1. The fourth-order valence-corrected chi connectivity index (χ4v) is 1.72. The summed E-state index contributed by atoms with van der Waals surface area (Å²) in [6, 6.07) is -0.876. The first-order valence-corrected chi connectivity index (χ1v) is 7.51. The van der Waals surface area contributed by atoms with Gasteiger partial charge in [-0.25, -0.2) is 5.06 Å². The van der Waals surface area contributed by atoms with Gasteiger partial charge in [0.2, 0.25) is 12.2 Å². The number of unbranched alkanes of at least 4 members (excludes halogenated alkanes) is 1. The summed E-state index contributed by atoms with van der Waals surface area (Å²) in [5.41, 5.74) is -0.619. The molecule has 0 aliphatic rings. The van der Waals surface area contributed by atoms with Crippen LogP contribution in [0.25, 0.3) is 0 Å². The second kappa shape index (κ2) is 9.50. The van der Waals surface area contributed by atoms with E-state index in [0.29, 0.717) is 19.4 Å². The molecule has 0 spiro atoms. The van der Waals surface area contributed by atoms with Gasteiger partial charge in [0.15, 0.2) is 0 Å². The first-order chi connectivity index (χ1) is 9.76. The van der Waals surface area contributed by atoms with Crippen LogP contribution in [0.4, 0.5) is 0 Å². The van der Waals surface area contributed by atoms with Crippen molar-refractivity contribution in [3.63, 3.8) is 0 Å². The van der Waals surface area contributed by atoms with Gasteiger partial charge in [-0.2, -0.15) is 0 Å². The molecule has 0 radical (unpaired) electrons. The van der Waals surface area contributed by atoms with Crippen LogP contribution in [0.15, 0.2) is 0 Å². The number of amides is 2. The Balaban J connectivity index is 5.01. The van der Waals surface area contributed by atoms with Gasteiger partial charge in [-0.05, 0) is 33.6 Å². The van der Waals surface area contributed by atoms with Crippen LogP contribution in [0.3, 0.4) is 0 Å². The maximum Gasteiger partial charge on any atom is 0.289 e. The van der Waals surface area contributed by atoms with E-state index < -0.39 is 23.3 Å². The van der Waals surface area contributed by atoms with Crippen LogP contribution >= 0.6 is 0 Å². The van der Waals surface area contributed by atoms with Crippen molar-refractivity contribution in [3.8, 4) is 0 Å². The highest BCUT2D eigenvalue weighted by molar-refractivity contribution is 6.38. The number of hydrogen-bond acceptors (Lipinski definition) is 4. The summed E-state index contributed by atoms with van der Waals surface area (Å²) in [6.45, 7) is 9.66. The van der Waals surface area contributed by atoms with Crippen LogP contribution < -0.4 is 5.32 Å². The smallest absolute Gasteiger partial charge is 0.289 e. The lowest BCUT2D eigenvalue weighted by molar-refractivity contribution is -0.231. The lowest BCUT2D eigenvalue weighted by Crippen LogP contribution is -2.49. The third-order valence-electron chi connectivity index (χ3n) is 2.68. The number of nitrogens with one attached hydrogen (secondary N) is 1. The Bertz CT molecular complexity index is 350. The second-order valence-corrected chi connectivity index (χ2v) is 5.95. The molecule has 0 aliphatic heterocycles. The summed E-state index contributed by atoms with van der Waals surface area (Å²) in [5.74, 6) is -1.30. The van der Waals surface area contributed by atoms with Crippen molar-refractivity contribution in [1.29, 1.82) is 0 Å². The van der Waals surface area contributed by atoms with Crippen molar-refractivity contribution in [3.05, 3.63) is 0 Å². The molecule has 0 aromatic heterocycles. The van der Waals surface area contributed by atoms with E-state index in [2.05, 4.69) is 5.32 Å². The molecule has 21 heavy (non-hydrogen) atoms. The topological polar surface area (TPSA) is 75.7 Å². The summed E-state index contributed by atoms with van der Waals surface area (Å²) < 4.78 is 0. The highest BCUT2D eigenvalue weighted by Gasteiger charge is 2.32. The first kappa shape index (κ1) is 19.6. The fourth-order valence-electron chi connectivity index (χ4n) is 1.72. The van der Waals surface area contributed by atoms with Crippen LogP contribution in [0.2, 0.25) is 0 Å². The molecule has 1 atom stereocenters. The molecular weight excluding hydrogens is 272 g/mol. The van der Waals surface area contributed by atoms with Gasteiger partial charge in [0.25, 0.3) is 5.91 Å². The van der Waals surface area contributed by atoms with Crippen LogP contribution in [0, 0.1) is 0 Å². The zero-order valence-electron chi connectivity index (χ0n) is 13.8. The molecule has 0 aliphatic carbocycles. The Kier molecular flexibility index (Phi) is 8.85. The molecule has 0 saturated carbocycles. The lowest BCUT2D eigenvalue weighted by atomic mass is 10.0. The molecule has 0 heterocycles. The average molecular weight is 300 g/mol. The van der Waals surface area contributed by atoms with E-state index in [1.165, 1.54) is 0 Å². The SMILES string of the molecule is CCCCC(C(=O)C(=O)NCCC)N(C=O)OC(C)(C)C. The van der Waals surface area contributed by atoms with Gasteiger partial charge >= 0.3 is 0 Å². The number of carbonyl (C=O) groups excluding carboxylic acids is 3. The van der Waals surface area contributed by atoms with E-state index >= 15 is 0 Å². The van der Waals surface area contributed by atoms with Crippen molar-refractivity contribution >= 4 is 18.1 Å². The summed E-state index contributed by atoms with van der Waals surface area (Å²) in [7, 11) is 0. The van der Waals surface area contributed by atoms with Crippen LogP contribution in [0.5, 0.6) is 0 Å². The number of hydroxylamine groups is 2. The molecule has 6 nitrogen and oxygen atoms in total. The van der Waals surface area contributed by atoms with Crippen molar-refractivity contribution in [1.82, 2.24) is 10.4 Å². The molecule has 0 aromatic carbocycles. The first-order valence-electron chi connectivity index (χ1n) is 7.51. The van der Waals surface area contributed by atoms with Crippen LogP contribution in [0.1, 0.15) is 60.3 Å². The number of ketones is 1. The molecule has 0 aromatic rings. The van der Waals surface area contributed by atoms with Gasteiger partial charge in [0, 0.05) is 6.54 Å². The summed E-state index contributed by atoms with van der Waals surface area (Å²) in [5, 5.41) is 3.52. The van der Waals surface area contributed by atoms with Gasteiger partial charge in [0.05, 0.1) is 5.60 Å². The summed E-state index contributed by atoms with van der Waals surface area (Å²) >= 11 is 0. The predicted molar refractivity (Wildman–Crippen MR) is 80.4 cm³/mol. The van der Waals surface area contributed by atoms with Crippen molar-refractivity contribution in [2.24, 2.45) is 0 Å². The Morgan fingerprint density at radius 1 is 1.24 bits per heavy atom. The molecule has 0 saturated heterocycles. The van der Waals surface area contributed by atoms with E-state index in [-0.39, 0.29) is 0 Å². The predicted octanol–water partition coefficient (Wildman–Crippen LogP) is 1.83. The standard InChI is InChI=1S/C15H28N2O4/c1-6-8-9-12(13(19)14(20)16-10-7-2)17(11-18)21-15(3,4)5/h11-12H,6-10H2,1-5H3,(H,16,20). The van der Waals surface area contributed by atoms with E-state index in [4.69, 9.17) is 4.84 Å². The largest absolute Gasteiger partial charge is 0.349 e. The van der Waals surface area contributed by atoms with Crippen LogP contribution in [-0.4, -0.2) is 41.4 Å². The Morgan fingerprint density at radius 2 is 1.86 bits per heavy atom. The zero-order valence-corrected chi connectivity index (χ0v) is 13.8. The minimum Gasteiger partial charge on any atom is -0.349 e. The monoisotopic (exact) mass is 300 g/mol.